The van der Waals surface area contributed by atoms with Gasteiger partial charge in [0, 0.05) is 25.7 Å². The molecule has 1 amide bonds. The van der Waals surface area contributed by atoms with Gasteiger partial charge in [0.15, 0.2) is 4.34 Å². The van der Waals surface area contributed by atoms with Crippen LogP contribution in [0.25, 0.3) is 0 Å². The van der Waals surface area contributed by atoms with Crippen molar-refractivity contribution in [1.82, 2.24) is 9.62 Å². The van der Waals surface area contributed by atoms with Gasteiger partial charge in [0.2, 0.25) is 5.91 Å². The molecule has 0 aromatic carbocycles. The van der Waals surface area contributed by atoms with Crippen LogP contribution in [0.1, 0.15) is 0 Å². The first-order chi connectivity index (χ1) is 9.75. The molecule has 3 N–H and O–H groups in total. The topological polar surface area (TPSA) is 136 Å². The van der Waals surface area contributed by atoms with Gasteiger partial charge in [-0.15, -0.1) is 11.3 Å². The van der Waals surface area contributed by atoms with E-state index in [2.05, 4.69) is 5.32 Å². The van der Waals surface area contributed by atoms with Crippen molar-refractivity contribution in [2.45, 2.75) is 10.3 Å². The Hall–Kier alpha value is -1.27. The molecule has 21 heavy (non-hydrogen) atoms. The summed E-state index contributed by atoms with van der Waals surface area (Å²) >= 11 is 6.25. The number of primary amides is 1. The predicted molar refractivity (Wildman–Crippen MR) is 75.7 cm³/mol. The summed E-state index contributed by atoms with van der Waals surface area (Å²) in [4.78, 5) is 21.4. The second-order valence-electron chi connectivity index (χ2n) is 4.22. The molecular formula is C9H11ClN4O5S2. The van der Waals surface area contributed by atoms with Crippen molar-refractivity contribution in [3.63, 3.8) is 0 Å². The Morgan fingerprint density at radius 2 is 2.29 bits per heavy atom. The van der Waals surface area contributed by atoms with Crippen LogP contribution in [0, 0.1) is 10.1 Å². The zero-order valence-electron chi connectivity index (χ0n) is 10.5. The number of carbonyl (C=O) groups excluding carboxylic acids is 1. The Balaban J connectivity index is 2.43. The van der Waals surface area contributed by atoms with E-state index in [9.17, 15) is 23.3 Å². The van der Waals surface area contributed by atoms with Crippen LogP contribution < -0.4 is 11.1 Å². The molecule has 1 saturated heterocycles. The Labute approximate surface area is 128 Å². The van der Waals surface area contributed by atoms with Gasteiger partial charge in [-0.1, -0.05) is 11.6 Å². The summed E-state index contributed by atoms with van der Waals surface area (Å²) in [5.41, 5.74) is 4.72. The minimum atomic E-state index is -4.07. The van der Waals surface area contributed by atoms with Gasteiger partial charge >= 0.3 is 0 Å². The van der Waals surface area contributed by atoms with Crippen LogP contribution in [-0.2, 0) is 14.8 Å². The molecule has 1 aliphatic heterocycles. The molecule has 0 saturated carbocycles. The summed E-state index contributed by atoms with van der Waals surface area (Å²) in [7, 11) is -4.07. The smallest absolute Gasteiger partial charge is 0.300 e. The van der Waals surface area contributed by atoms with Gasteiger partial charge < -0.3 is 11.1 Å². The molecule has 1 fully saturated rings. The zero-order valence-corrected chi connectivity index (χ0v) is 12.9. The van der Waals surface area contributed by atoms with Crippen LogP contribution >= 0.6 is 22.9 Å². The van der Waals surface area contributed by atoms with Crippen molar-refractivity contribution >= 4 is 44.6 Å². The summed E-state index contributed by atoms with van der Waals surface area (Å²) in [6.45, 7) is 0.485. The molecule has 1 unspecified atom stereocenters. The highest BCUT2D eigenvalue weighted by atomic mass is 35.5. The number of nitrogens with two attached hydrogens (primary N) is 1. The molecule has 1 aromatic rings. The molecule has 0 radical (unpaired) electrons. The molecule has 1 aliphatic rings. The molecule has 1 aromatic heterocycles. The summed E-state index contributed by atoms with van der Waals surface area (Å²) in [5, 5.41) is 13.6. The normalized spacial score (nSPS) is 20.3. The van der Waals surface area contributed by atoms with E-state index in [0.717, 1.165) is 10.4 Å². The van der Waals surface area contributed by atoms with Crippen molar-refractivity contribution in [3.05, 3.63) is 20.5 Å². The van der Waals surface area contributed by atoms with Crippen LogP contribution in [0.4, 0.5) is 5.69 Å². The lowest BCUT2D eigenvalue weighted by atomic mass is 10.2. The lowest BCUT2D eigenvalue weighted by Crippen LogP contribution is -2.58. The van der Waals surface area contributed by atoms with Gasteiger partial charge in [-0.2, -0.15) is 4.31 Å². The van der Waals surface area contributed by atoms with Crippen LogP contribution in [0.5, 0.6) is 0 Å². The highest BCUT2D eigenvalue weighted by molar-refractivity contribution is 7.91. The fourth-order valence-corrected chi connectivity index (χ4v) is 5.31. The Kier molecular flexibility index (Phi) is 4.49. The van der Waals surface area contributed by atoms with Crippen LogP contribution in [0.2, 0.25) is 4.34 Å². The molecular weight excluding hydrogens is 344 g/mol. The highest BCUT2D eigenvalue weighted by Gasteiger charge is 2.38. The van der Waals surface area contributed by atoms with Crippen molar-refractivity contribution in [3.8, 4) is 0 Å². The Morgan fingerprint density at radius 1 is 1.62 bits per heavy atom. The first kappa shape index (κ1) is 16.1. The number of halogens is 1. The third-order valence-corrected chi connectivity index (χ3v) is 6.62. The van der Waals surface area contributed by atoms with Crippen LogP contribution in [0.3, 0.4) is 0 Å². The average molecular weight is 355 g/mol. The molecule has 0 spiro atoms. The molecule has 9 nitrogen and oxygen atoms in total. The van der Waals surface area contributed by atoms with Crippen molar-refractivity contribution in [2.24, 2.45) is 5.73 Å². The number of sulfonamides is 1. The summed E-state index contributed by atoms with van der Waals surface area (Å²) in [6, 6.07) is -0.147. The van der Waals surface area contributed by atoms with Crippen molar-refractivity contribution in [2.75, 3.05) is 19.6 Å². The standard InChI is InChI=1S/C9H11ClN4O5S2/c10-8-5(14(16)17)3-7(20-8)21(18,19)13-2-1-12-4-6(13)9(11)15/h3,6,12H,1-2,4H2,(H2,11,15). The maximum absolute atomic E-state index is 12.5. The molecule has 12 heteroatoms. The monoisotopic (exact) mass is 354 g/mol. The second kappa shape index (κ2) is 5.85. The molecule has 116 valence electrons. The fraction of sp³-hybridized carbons (Fsp3) is 0.444. The van der Waals surface area contributed by atoms with E-state index in [1.807, 2.05) is 0 Å². The fourth-order valence-electron chi connectivity index (χ4n) is 1.92. The number of piperazine rings is 1. The van der Waals surface area contributed by atoms with E-state index in [1.165, 1.54) is 0 Å². The Bertz CT molecular complexity index is 688. The predicted octanol–water partition coefficient (Wildman–Crippen LogP) is -0.243. The maximum atomic E-state index is 12.5. The van der Waals surface area contributed by atoms with Crippen molar-refractivity contribution in [1.29, 1.82) is 0 Å². The lowest BCUT2D eigenvalue weighted by Gasteiger charge is -2.32. The number of rotatable bonds is 4. The van der Waals surface area contributed by atoms with E-state index in [-0.39, 0.29) is 21.6 Å². The van der Waals surface area contributed by atoms with Gasteiger partial charge in [-0.05, 0) is 0 Å². The minimum absolute atomic E-state index is 0.0409. The Morgan fingerprint density at radius 3 is 2.81 bits per heavy atom. The number of nitrogens with zero attached hydrogens (tertiary/aromatic N) is 2. The second-order valence-corrected chi connectivity index (χ2v) is 7.99. The molecule has 0 aliphatic carbocycles. The molecule has 2 rings (SSSR count). The maximum Gasteiger partial charge on any atom is 0.300 e. The SMILES string of the molecule is NC(=O)C1CNCCN1S(=O)(=O)c1cc([N+](=O)[O-])c(Cl)s1. The minimum Gasteiger partial charge on any atom is -0.368 e. The summed E-state index contributed by atoms with van der Waals surface area (Å²) in [6.07, 6.45) is 0. The molecule has 1 atom stereocenters. The van der Waals surface area contributed by atoms with Gasteiger partial charge in [-0.25, -0.2) is 8.42 Å². The first-order valence-corrected chi connectivity index (χ1v) is 8.34. The van der Waals surface area contributed by atoms with Gasteiger partial charge in [0.25, 0.3) is 15.7 Å². The van der Waals surface area contributed by atoms with E-state index >= 15 is 0 Å². The molecule has 0 bridgehead atoms. The quantitative estimate of drug-likeness (QED) is 0.565. The van der Waals surface area contributed by atoms with E-state index in [0.29, 0.717) is 17.9 Å². The van der Waals surface area contributed by atoms with Gasteiger partial charge in [0.05, 0.1) is 4.92 Å². The largest absolute Gasteiger partial charge is 0.368 e. The number of carbonyl (C=O) groups is 1. The summed E-state index contributed by atoms with van der Waals surface area (Å²) < 4.78 is 25.4. The molecule has 2 heterocycles. The van der Waals surface area contributed by atoms with E-state index in [1.54, 1.807) is 0 Å². The van der Waals surface area contributed by atoms with Crippen LogP contribution in [-0.4, -0.2) is 49.2 Å². The number of thiophene rings is 1. The summed E-state index contributed by atoms with van der Waals surface area (Å²) in [5.74, 6) is -0.789. The van der Waals surface area contributed by atoms with Gasteiger partial charge in [0.1, 0.15) is 10.3 Å². The number of nitro groups is 1. The lowest BCUT2D eigenvalue weighted by molar-refractivity contribution is -0.384. The number of hydrogen-bond acceptors (Lipinski definition) is 7. The average Bonchev–Trinajstić information content (AvgIpc) is 2.81. The number of amides is 1. The van der Waals surface area contributed by atoms with Crippen LogP contribution in [0.15, 0.2) is 10.3 Å². The number of nitrogens with one attached hydrogen (secondary N) is 1. The highest BCUT2D eigenvalue weighted by Crippen LogP contribution is 2.37. The first-order valence-electron chi connectivity index (χ1n) is 5.70. The van der Waals surface area contributed by atoms with E-state index < -0.39 is 32.6 Å². The van der Waals surface area contributed by atoms with Crippen molar-refractivity contribution < 1.29 is 18.1 Å². The number of hydrogen-bond donors (Lipinski definition) is 2. The van der Waals surface area contributed by atoms with Gasteiger partial charge in [-0.3, -0.25) is 14.9 Å². The third kappa shape index (κ3) is 3.01. The zero-order chi connectivity index (χ0) is 15.8. The van der Waals surface area contributed by atoms with E-state index in [4.69, 9.17) is 17.3 Å². The third-order valence-electron chi connectivity index (χ3n) is 2.93.